The van der Waals surface area contributed by atoms with Gasteiger partial charge in [-0.3, -0.25) is 4.99 Å². The van der Waals surface area contributed by atoms with E-state index < -0.39 is 0 Å². The van der Waals surface area contributed by atoms with Crippen molar-refractivity contribution >= 4 is 5.84 Å². The van der Waals surface area contributed by atoms with Gasteiger partial charge in [0.15, 0.2) is 0 Å². The van der Waals surface area contributed by atoms with Crippen LogP contribution in [0.3, 0.4) is 0 Å². The van der Waals surface area contributed by atoms with Crippen LogP contribution in [-0.4, -0.2) is 30.1 Å². The van der Waals surface area contributed by atoms with Crippen LogP contribution in [-0.2, 0) is 4.74 Å². The Balaban J connectivity index is 1.97. The molecule has 1 fully saturated rings. The minimum absolute atomic E-state index is 0.284. The van der Waals surface area contributed by atoms with Crippen molar-refractivity contribution in [3.8, 4) is 0 Å². The minimum Gasteiger partial charge on any atom is -0.371 e. The lowest BCUT2D eigenvalue weighted by Gasteiger charge is -2.16. The van der Waals surface area contributed by atoms with Crippen LogP contribution in [0.25, 0.3) is 0 Å². The third-order valence-corrected chi connectivity index (χ3v) is 3.45. The summed E-state index contributed by atoms with van der Waals surface area (Å²) in [5, 5.41) is 3.54. The molecule has 0 spiro atoms. The molecule has 1 N–H and O–H groups in total. The number of fused-ring (bicyclic) bond motifs is 1. The average molecular weight is 210 g/mol. The molecule has 0 aromatic heterocycles. The van der Waals surface area contributed by atoms with Gasteiger partial charge in [0.05, 0.1) is 24.1 Å². The highest BCUT2D eigenvalue weighted by Crippen LogP contribution is 2.29. The largest absolute Gasteiger partial charge is 0.371 e. The second-order valence-corrected chi connectivity index (χ2v) is 4.63. The SMILES string of the molecule is CCCCC1=NC2C(C)OC(CC)C2N1. The first kappa shape index (κ1) is 10.9. The number of aliphatic imine (C=N–C) groups is 1. The minimum atomic E-state index is 0.284. The first-order valence-electron chi connectivity index (χ1n) is 6.25. The van der Waals surface area contributed by atoms with Crippen LogP contribution in [0, 0.1) is 0 Å². The van der Waals surface area contributed by atoms with Crippen molar-refractivity contribution in [3.63, 3.8) is 0 Å². The molecule has 0 bridgehead atoms. The highest BCUT2D eigenvalue weighted by atomic mass is 16.5. The van der Waals surface area contributed by atoms with Crippen molar-refractivity contribution in [3.05, 3.63) is 0 Å². The van der Waals surface area contributed by atoms with Crippen LogP contribution >= 0.6 is 0 Å². The second kappa shape index (κ2) is 4.52. The molecule has 4 atom stereocenters. The zero-order valence-electron chi connectivity index (χ0n) is 9.99. The van der Waals surface area contributed by atoms with E-state index in [9.17, 15) is 0 Å². The Bertz CT molecular complexity index is 252. The summed E-state index contributed by atoms with van der Waals surface area (Å²) in [5.41, 5.74) is 0. The molecule has 86 valence electrons. The molecule has 2 rings (SSSR count). The smallest absolute Gasteiger partial charge is 0.100 e. The van der Waals surface area contributed by atoms with Gasteiger partial charge in [0.1, 0.15) is 6.04 Å². The Labute approximate surface area is 92.3 Å². The topological polar surface area (TPSA) is 33.6 Å². The molecule has 2 aliphatic heterocycles. The van der Waals surface area contributed by atoms with E-state index in [1.807, 2.05) is 0 Å². The summed E-state index contributed by atoms with van der Waals surface area (Å²) in [6.07, 6.45) is 5.29. The first-order valence-corrected chi connectivity index (χ1v) is 6.25. The summed E-state index contributed by atoms with van der Waals surface area (Å²) in [4.78, 5) is 4.75. The Hall–Kier alpha value is -0.570. The van der Waals surface area contributed by atoms with Crippen LogP contribution in [0.1, 0.15) is 46.5 Å². The van der Waals surface area contributed by atoms with E-state index in [-0.39, 0.29) is 6.10 Å². The van der Waals surface area contributed by atoms with Crippen LogP contribution < -0.4 is 5.32 Å². The van der Waals surface area contributed by atoms with E-state index >= 15 is 0 Å². The molecule has 1 saturated heterocycles. The van der Waals surface area contributed by atoms with Gasteiger partial charge in [0.2, 0.25) is 0 Å². The van der Waals surface area contributed by atoms with Crippen molar-refractivity contribution < 1.29 is 4.74 Å². The third kappa shape index (κ3) is 2.03. The summed E-state index contributed by atoms with van der Waals surface area (Å²) < 4.78 is 5.86. The van der Waals surface area contributed by atoms with Crippen LogP contribution in [0.2, 0.25) is 0 Å². The van der Waals surface area contributed by atoms with Gasteiger partial charge in [-0.1, -0.05) is 20.3 Å². The first-order chi connectivity index (χ1) is 7.26. The predicted molar refractivity (Wildman–Crippen MR) is 62.3 cm³/mol. The van der Waals surface area contributed by atoms with Crippen molar-refractivity contribution in [1.29, 1.82) is 0 Å². The van der Waals surface area contributed by atoms with Gasteiger partial charge in [-0.05, 0) is 19.8 Å². The molecule has 0 amide bonds. The maximum Gasteiger partial charge on any atom is 0.100 e. The van der Waals surface area contributed by atoms with Crippen molar-refractivity contribution in [1.82, 2.24) is 5.32 Å². The fourth-order valence-corrected chi connectivity index (χ4v) is 2.56. The number of nitrogens with one attached hydrogen (secondary N) is 1. The van der Waals surface area contributed by atoms with Gasteiger partial charge in [-0.15, -0.1) is 0 Å². The van der Waals surface area contributed by atoms with Crippen molar-refractivity contribution in [2.24, 2.45) is 4.99 Å². The average Bonchev–Trinajstić information content (AvgIpc) is 2.76. The lowest BCUT2D eigenvalue weighted by Crippen LogP contribution is -2.40. The maximum absolute atomic E-state index is 5.86. The molecule has 3 heteroatoms. The third-order valence-electron chi connectivity index (χ3n) is 3.45. The van der Waals surface area contributed by atoms with Crippen LogP contribution in [0.15, 0.2) is 4.99 Å². The van der Waals surface area contributed by atoms with E-state index in [4.69, 9.17) is 9.73 Å². The molecular formula is C12H22N2O. The molecule has 4 unspecified atom stereocenters. The summed E-state index contributed by atoms with van der Waals surface area (Å²) >= 11 is 0. The van der Waals surface area contributed by atoms with Gasteiger partial charge in [0, 0.05) is 6.42 Å². The zero-order valence-corrected chi connectivity index (χ0v) is 9.99. The second-order valence-electron chi connectivity index (χ2n) is 4.63. The quantitative estimate of drug-likeness (QED) is 0.771. The summed E-state index contributed by atoms with van der Waals surface area (Å²) in [5.74, 6) is 1.21. The Morgan fingerprint density at radius 1 is 1.40 bits per heavy atom. The van der Waals surface area contributed by atoms with Gasteiger partial charge >= 0.3 is 0 Å². The molecule has 2 aliphatic rings. The Morgan fingerprint density at radius 2 is 2.20 bits per heavy atom. The van der Waals surface area contributed by atoms with Gasteiger partial charge in [-0.25, -0.2) is 0 Å². The number of hydrogen-bond acceptors (Lipinski definition) is 3. The summed E-state index contributed by atoms with van der Waals surface area (Å²) in [7, 11) is 0. The molecule has 0 radical (unpaired) electrons. The number of ether oxygens (including phenoxy) is 1. The Kier molecular flexibility index (Phi) is 3.29. The van der Waals surface area contributed by atoms with Gasteiger partial charge in [0.25, 0.3) is 0 Å². The summed E-state index contributed by atoms with van der Waals surface area (Å²) in [6, 6.07) is 0.804. The normalized spacial score (nSPS) is 38.7. The number of hydrogen-bond donors (Lipinski definition) is 1. The number of rotatable bonds is 4. The fraction of sp³-hybridized carbons (Fsp3) is 0.917. The monoisotopic (exact) mass is 210 g/mol. The van der Waals surface area contributed by atoms with E-state index in [1.165, 1.54) is 18.7 Å². The molecule has 15 heavy (non-hydrogen) atoms. The molecular weight excluding hydrogens is 188 g/mol. The van der Waals surface area contributed by atoms with E-state index in [0.717, 1.165) is 12.8 Å². The number of nitrogens with zero attached hydrogens (tertiary/aromatic N) is 1. The standard InChI is InChI=1S/C12H22N2O/c1-4-6-7-10-13-11-8(3)15-9(5-2)12(11)14-10/h8-9,11-12H,4-7H2,1-3H3,(H,13,14). The molecule has 2 heterocycles. The zero-order chi connectivity index (χ0) is 10.8. The summed E-state index contributed by atoms with van der Waals surface area (Å²) in [6.45, 7) is 6.55. The highest BCUT2D eigenvalue weighted by Gasteiger charge is 2.44. The van der Waals surface area contributed by atoms with Crippen molar-refractivity contribution in [2.75, 3.05) is 0 Å². The molecule has 0 aromatic carbocycles. The van der Waals surface area contributed by atoms with Crippen LogP contribution in [0.5, 0.6) is 0 Å². The molecule has 0 aliphatic carbocycles. The predicted octanol–water partition coefficient (Wildman–Crippen LogP) is 2.11. The van der Waals surface area contributed by atoms with Crippen LogP contribution in [0.4, 0.5) is 0 Å². The van der Waals surface area contributed by atoms with Crippen molar-refractivity contribution in [2.45, 2.75) is 70.7 Å². The number of amidine groups is 1. The maximum atomic E-state index is 5.86. The van der Waals surface area contributed by atoms with E-state index in [2.05, 4.69) is 26.1 Å². The number of unbranched alkanes of at least 4 members (excludes halogenated alkanes) is 1. The van der Waals surface area contributed by atoms with E-state index in [0.29, 0.717) is 18.2 Å². The lowest BCUT2D eigenvalue weighted by atomic mass is 10.0. The van der Waals surface area contributed by atoms with E-state index in [1.54, 1.807) is 0 Å². The Morgan fingerprint density at radius 3 is 2.87 bits per heavy atom. The fourth-order valence-electron chi connectivity index (χ4n) is 2.56. The molecule has 3 nitrogen and oxygen atoms in total. The van der Waals surface area contributed by atoms with Gasteiger partial charge < -0.3 is 10.1 Å². The lowest BCUT2D eigenvalue weighted by molar-refractivity contribution is 0.0451. The highest BCUT2D eigenvalue weighted by molar-refractivity contribution is 5.84. The van der Waals surface area contributed by atoms with Gasteiger partial charge in [-0.2, -0.15) is 0 Å². The molecule has 0 aromatic rings. The molecule has 0 saturated carbocycles.